The Morgan fingerprint density at radius 1 is 1.56 bits per heavy atom. The standard InChI is InChI=1S/C12H9FN4O/c1-7-10(6-14)11(17-16-7)15-12(18)8-3-2-4-9(13)5-8/h2-5H,1H3,(H2,15,16,17,18). The number of amides is 1. The van der Waals surface area contributed by atoms with Gasteiger partial charge in [0.15, 0.2) is 5.82 Å². The molecule has 2 rings (SSSR count). The molecule has 0 bridgehead atoms. The lowest BCUT2D eigenvalue weighted by atomic mass is 10.2. The fraction of sp³-hybridized carbons (Fsp3) is 0.0833. The highest BCUT2D eigenvalue weighted by Crippen LogP contribution is 2.15. The average Bonchev–Trinajstić information content (AvgIpc) is 2.69. The van der Waals surface area contributed by atoms with Crippen molar-refractivity contribution in [2.45, 2.75) is 6.92 Å². The molecule has 2 aromatic rings. The van der Waals surface area contributed by atoms with Gasteiger partial charge in [-0.3, -0.25) is 9.89 Å². The minimum absolute atomic E-state index is 0.143. The van der Waals surface area contributed by atoms with Crippen LogP contribution in [0.1, 0.15) is 21.6 Å². The van der Waals surface area contributed by atoms with Gasteiger partial charge in [-0.1, -0.05) is 6.07 Å². The molecule has 0 atom stereocenters. The topological polar surface area (TPSA) is 81.6 Å². The summed E-state index contributed by atoms with van der Waals surface area (Å²) in [6, 6.07) is 7.20. The van der Waals surface area contributed by atoms with E-state index in [4.69, 9.17) is 5.26 Å². The van der Waals surface area contributed by atoms with Gasteiger partial charge in [0.25, 0.3) is 5.91 Å². The van der Waals surface area contributed by atoms with Crippen LogP contribution in [-0.4, -0.2) is 16.1 Å². The van der Waals surface area contributed by atoms with Gasteiger partial charge >= 0.3 is 0 Å². The Balaban J connectivity index is 2.25. The van der Waals surface area contributed by atoms with Crippen LogP contribution < -0.4 is 5.32 Å². The lowest BCUT2D eigenvalue weighted by Crippen LogP contribution is -2.13. The smallest absolute Gasteiger partial charge is 0.257 e. The summed E-state index contributed by atoms with van der Waals surface area (Å²) in [7, 11) is 0. The number of carbonyl (C=O) groups is 1. The second-order valence-electron chi connectivity index (χ2n) is 3.65. The number of nitriles is 1. The number of hydrogen-bond donors (Lipinski definition) is 2. The van der Waals surface area contributed by atoms with E-state index in [1.807, 2.05) is 6.07 Å². The Morgan fingerprint density at radius 3 is 3.00 bits per heavy atom. The van der Waals surface area contributed by atoms with Crippen molar-refractivity contribution < 1.29 is 9.18 Å². The van der Waals surface area contributed by atoms with Crippen LogP contribution in [0.2, 0.25) is 0 Å². The number of rotatable bonds is 2. The molecule has 90 valence electrons. The zero-order valence-corrected chi connectivity index (χ0v) is 9.49. The van der Waals surface area contributed by atoms with Crippen LogP contribution >= 0.6 is 0 Å². The minimum Gasteiger partial charge on any atom is -0.304 e. The fourth-order valence-corrected chi connectivity index (χ4v) is 1.47. The lowest BCUT2D eigenvalue weighted by molar-refractivity contribution is 0.102. The van der Waals surface area contributed by atoms with Gasteiger partial charge in [-0.15, -0.1) is 0 Å². The van der Waals surface area contributed by atoms with E-state index in [1.165, 1.54) is 18.2 Å². The predicted octanol–water partition coefficient (Wildman–Crippen LogP) is 1.98. The second-order valence-corrected chi connectivity index (χ2v) is 3.65. The third-order valence-corrected chi connectivity index (χ3v) is 2.38. The fourth-order valence-electron chi connectivity index (χ4n) is 1.47. The molecule has 0 spiro atoms. The number of carbonyl (C=O) groups excluding carboxylic acids is 1. The Labute approximate surface area is 102 Å². The van der Waals surface area contributed by atoms with E-state index in [1.54, 1.807) is 6.92 Å². The number of anilines is 1. The summed E-state index contributed by atoms with van der Waals surface area (Å²) in [5.41, 5.74) is 0.992. The van der Waals surface area contributed by atoms with Gasteiger partial charge in [0.2, 0.25) is 0 Å². The number of aromatic nitrogens is 2. The van der Waals surface area contributed by atoms with E-state index >= 15 is 0 Å². The zero-order valence-electron chi connectivity index (χ0n) is 9.49. The highest BCUT2D eigenvalue weighted by atomic mass is 19.1. The van der Waals surface area contributed by atoms with Crippen LogP contribution in [0.5, 0.6) is 0 Å². The maximum atomic E-state index is 13.0. The Hall–Kier alpha value is -2.68. The first-order chi connectivity index (χ1) is 8.61. The molecule has 0 aliphatic rings. The van der Waals surface area contributed by atoms with Gasteiger partial charge in [0.1, 0.15) is 17.4 Å². The van der Waals surface area contributed by atoms with Crippen LogP contribution in [0.25, 0.3) is 0 Å². The summed E-state index contributed by atoms with van der Waals surface area (Å²) in [5, 5.41) is 17.7. The first-order valence-electron chi connectivity index (χ1n) is 5.14. The average molecular weight is 244 g/mol. The molecule has 1 heterocycles. The number of nitrogens with one attached hydrogen (secondary N) is 2. The Bertz CT molecular complexity index is 642. The van der Waals surface area contributed by atoms with E-state index in [0.29, 0.717) is 5.69 Å². The molecule has 6 heteroatoms. The molecule has 18 heavy (non-hydrogen) atoms. The summed E-state index contributed by atoms with van der Waals surface area (Å²) in [4.78, 5) is 11.8. The number of benzene rings is 1. The third-order valence-electron chi connectivity index (χ3n) is 2.38. The van der Waals surface area contributed by atoms with Gasteiger partial charge < -0.3 is 5.32 Å². The van der Waals surface area contributed by atoms with E-state index in [0.717, 1.165) is 6.07 Å². The van der Waals surface area contributed by atoms with Crippen molar-refractivity contribution in [3.63, 3.8) is 0 Å². The van der Waals surface area contributed by atoms with Gasteiger partial charge in [-0.2, -0.15) is 10.4 Å². The molecule has 0 aliphatic heterocycles. The second kappa shape index (κ2) is 4.67. The van der Waals surface area contributed by atoms with Gasteiger partial charge in [-0.05, 0) is 25.1 Å². The van der Waals surface area contributed by atoms with E-state index in [-0.39, 0.29) is 16.9 Å². The largest absolute Gasteiger partial charge is 0.304 e. The summed E-state index contributed by atoms with van der Waals surface area (Å²) in [5.74, 6) is -0.872. The molecular formula is C12H9FN4O. The molecule has 2 N–H and O–H groups in total. The summed E-state index contributed by atoms with van der Waals surface area (Å²) in [6.07, 6.45) is 0. The van der Waals surface area contributed by atoms with Crippen molar-refractivity contribution in [3.05, 3.63) is 46.9 Å². The third kappa shape index (κ3) is 2.20. The highest BCUT2D eigenvalue weighted by molar-refractivity contribution is 6.04. The van der Waals surface area contributed by atoms with Crippen molar-refractivity contribution in [2.24, 2.45) is 0 Å². The van der Waals surface area contributed by atoms with Crippen molar-refractivity contribution in [1.82, 2.24) is 10.2 Å². The molecule has 0 unspecified atom stereocenters. The van der Waals surface area contributed by atoms with E-state index < -0.39 is 11.7 Å². The molecule has 1 aromatic heterocycles. The van der Waals surface area contributed by atoms with Crippen molar-refractivity contribution in [1.29, 1.82) is 5.26 Å². The summed E-state index contributed by atoms with van der Waals surface area (Å²) < 4.78 is 13.0. The normalized spacial score (nSPS) is 9.83. The maximum Gasteiger partial charge on any atom is 0.257 e. The van der Waals surface area contributed by atoms with Crippen molar-refractivity contribution in [2.75, 3.05) is 5.32 Å². The van der Waals surface area contributed by atoms with Crippen LogP contribution in [0.4, 0.5) is 10.2 Å². The van der Waals surface area contributed by atoms with Gasteiger partial charge in [0, 0.05) is 5.56 Å². The van der Waals surface area contributed by atoms with Crippen LogP contribution in [0.15, 0.2) is 24.3 Å². The van der Waals surface area contributed by atoms with Gasteiger partial charge in [-0.25, -0.2) is 4.39 Å². The Morgan fingerprint density at radius 2 is 2.33 bits per heavy atom. The number of aromatic amines is 1. The Kier molecular flexibility index (Phi) is 3.06. The molecule has 1 aromatic carbocycles. The zero-order chi connectivity index (χ0) is 13.1. The summed E-state index contributed by atoms with van der Waals surface area (Å²) >= 11 is 0. The van der Waals surface area contributed by atoms with Crippen LogP contribution in [-0.2, 0) is 0 Å². The molecule has 0 aliphatic carbocycles. The number of aryl methyl sites for hydroxylation is 1. The summed E-state index contributed by atoms with van der Waals surface area (Å²) in [6.45, 7) is 1.67. The van der Waals surface area contributed by atoms with Crippen LogP contribution in [0, 0.1) is 24.1 Å². The number of H-pyrrole nitrogens is 1. The maximum absolute atomic E-state index is 13.0. The van der Waals surface area contributed by atoms with Crippen molar-refractivity contribution in [3.8, 4) is 6.07 Å². The molecular weight excluding hydrogens is 235 g/mol. The highest BCUT2D eigenvalue weighted by Gasteiger charge is 2.14. The van der Waals surface area contributed by atoms with Crippen LogP contribution in [0.3, 0.4) is 0 Å². The molecule has 0 radical (unpaired) electrons. The first-order valence-corrected chi connectivity index (χ1v) is 5.14. The van der Waals surface area contributed by atoms with Gasteiger partial charge in [0.05, 0.1) is 5.69 Å². The first kappa shape index (κ1) is 11.8. The molecule has 0 saturated carbocycles. The molecule has 5 nitrogen and oxygen atoms in total. The molecule has 0 fully saturated rings. The minimum atomic E-state index is -0.516. The van der Waals surface area contributed by atoms with E-state index in [2.05, 4.69) is 15.5 Å². The number of hydrogen-bond acceptors (Lipinski definition) is 3. The predicted molar refractivity (Wildman–Crippen MR) is 62.4 cm³/mol. The monoisotopic (exact) mass is 244 g/mol. The quantitative estimate of drug-likeness (QED) is 0.847. The number of halogens is 1. The molecule has 0 saturated heterocycles. The molecule has 1 amide bonds. The van der Waals surface area contributed by atoms with Crippen molar-refractivity contribution >= 4 is 11.7 Å². The number of nitrogens with zero attached hydrogens (tertiary/aromatic N) is 2. The lowest BCUT2D eigenvalue weighted by Gasteiger charge is -2.02. The SMILES string of the molecule is Cc1[nH]nc(NC(=O)c2cccc(F)c2)c1C#N. The van der Waals surface area contributed by atoms with E-state index in [9.17, 15) is 9.18 Å².